The maximum Gasteiger partial charge on any atom is 0.416 e. The van der Waals surface area contributed by atoms with E-state index in [9.17, 15) is 18.0 Å². The molecular formula is C29H36ClF3N6O. The van der Waals surface area contributed by atoms with Crippen molar-refractivity contribution in [3.05, 3.63) is 57.2 Å². The number of anilines is 1. The van der Waals surface area contributed by atoms with Gasteiger partial charge in [0, 0.05) is 24.1 Å². The average molecular weight is 577 g/mol. The highest BCUT2D eigenvalue weighted by molar-refractivity contribution is 6.29. The van der Waals surface area contributed by atoms with Gasteiger partial charge < -0.3 is 0 Å². The number of nitrogens with one attached hydrogen (secondary N) is 2. The lowest BCUT2D eigenvalue weighted by Gasteiger charge is -2.52. The van der Waals surface area contributed by atoms with Gasteiger partial charge in [0.2, 0.25) is 0 Å². The van der Waals surface area contributed by atoms with Crippen molar-refractivity contribution in [3.8, 4) is 0 Å². The molecule has 1 saturated carbocycles. The van der Waals surface area contributed by atoms with Crippen LogP contribution in [0.2, 0.25) is 5.15 Å². The molecule has 1 aromatic heterocycles. The zero-order valence-corrected chi connectivity index (χ0v) is 23.9. The molecule has 1 aromatic carbocycles. The van der Waals surface area contributed by atoms with Crippen LogP contribution in [0.15, 0.2) is 24.3 Å². The molecule has 3 fully saturated rings. The van der Waals surface area contributed by atoms with E-state index in [1.807, 2.05) is 19.2 Å². The van der Waals surface area contributed by atoms with E-state index in [2.05, 4.69) is 39.5 Å². The number of rotatable bonds is 5. The van der Waals surface area contributed by atoms with Crippen molar-refractivity contribution in [2.24, 2.45) is 11.8 Å². The summed E-state index contributed by atoms with van der Waals surface area (Å²) in [6, 6.07) is 6.55. The number of hydrogen-bond acceptors (Lipinski definition) is 6. The maximum absolute atomic E-state index is 14.3. The van der Waals surface area contributed by atoms with E-state index in [-0.39, 0.29) is 40.2 Å². The molecule has 40 heavy (non-hydrogen) atoms. The van der Waals surface area contributed by atoms with Crippen LogP contribution in [0.25, 0.3) is 0 Å². The van der Waals surface area contributed by atoms with Gasteiger partial charge in [-0.1, -0.05) is 25.4 Å². The minimum absolute atomic E-state index is 0.00459. The first-order valence-electron chi connectivity index (χ1n) is 14.1. The normalized spacial score (nSPS) is 29.6. The summed E-state index contributed by atoms with van der Waals surface area (Å²) in [7, 11) is 2.04. The molecule has 1 aliphatic carbocycles. The van der Waals surface area contributed by atoms with E-state index in [0.29, 0.717) is 30.6 Å². The quantitative estimate of drug-likeness (QED) is 0.481. The summed E-state index contributed by atoms with van der Waals surface area (Å²) in [6.45, 7) is 6.94. The van der Waals surface area contributed by atoms with Gasteiger partial charge in [0.1, 0.15) is 11.0 Å². The zero-order chi connectivity index (χ0) is 28.4. The SMILES string of the molecule is CC1CC(c2cc(Cl)nc(N3Cc4c(cc(CN5CCC[C@H](C)C5)cc4C(F)(F)F)C3=O)c2)(C2NNCN2C)C1. The molecular weight excluding hydrogens is 541 g/mol. The lowest BCUT2D eigenvalue weighted by Crippen LogP contribution is -2.58. The monoisotopic (exact) mass is 576 g/mol. The number of hydrazine groups is 1. The fourth-order valence-electron chi connectivity index (χ4n) is 7.42. The number of likely N-dealkylation sites (N-methyl/N-ethyl adjacent to an activating group) is 1. The van der Waals surface area contributed by atoms with Gasteiger partial charge in [0.05, 0.1) is 24.9 Å². The molecule has 2 N–H and O–H groups in total. The molecule has 1 amide bonds. The van der Waals surface area contributed by atoms with Crippen molar-refractivity contribution < 1.29 is 18.0 Å². The predicted octanol–water partition coefficient (Wildman–Crippen LogP) is 5.14. The number of piperidine rings is 1. The van der Waals surface area contributed by atoms with Crippen molar-refractivity contribution in [2.45, 2.75) is 70.4 Å². The van der Waals surface area contributed by atoms with Gasteiger partial charge in [0.25, 0.3) is 5.91 Å². The minimum atomic E-state index is -4.57. The Bertz CT molecular complexity index is 1310. The number of pyridine rings is 1. The number of carbonyl (C=O) groups excluding carboxylic acids is 1. The molecule has 0 radical (unpaired) electrons. The number of fused-ring (bicyclic) bond motifs is 1. The molecule has 2 atom stereocenters. The standard InChI is InChI=1S/C29H36ClF3N6O/c1-17-5-4-6-38(13-17)14-19-7-21-22(23(8-19)29(31,32)33)15-39(26(21)40)25-10-20(9-24(30)35-25)28(11-18(2)12-28)27-36-34-16-37(27)3/h7-10,17-18,27,34,36H,4-6,11-16H2,1-3H3/t17-,18?,27?,28?/m0/s1. The van der Waals surface area contributed by atoms with Crippen molar-refractivity contribution in [1.82, 2.24) is 25.6 Å². The Morgan fingerprint density at radius 1 is 1.15 bits per heavy atom. The van der Waals surface area contributed by atoms with Crippen LogP contribution in [0.4, 0.5) is 19.0 Å². The lowest BCUT2D eigenvalue weighted by atomic mass is 9.57. The number of likely N-dealkylation sites (tertiary alicyclic amines) is 1. The average Bonchev–Trinajstić information content (AvgIpc) is 3.44. The van der Waals surface area contributed by atoms with Gasteiger partial charge in [0.15, 0.2) is 0 Å². The maximum atomic E-state index is 14.3. The highest BCUT2D eigenvalue weighted by Crippen LogP contribution is 2.52. The van der Waals surface area contributed by atoms with Gasteiger partial charge in [-0.3, -0.25) is 19.5 Å². The van der Waals surface area contributed by atoms with Crippen LogP contribution in [-0.4, -0.2) is 53.7 Å². The Kier molecular flexibility index (Phi) is 7.14. The Hall–Kier alpha value is -2.24. The van der Waals surface area contributed by atoms with Crippen LogP contribution < -0.4 is 15.8 Å². The Labute approximate surface area is 238 Å². The molecule has 1 unspecified atom stereocenters. The molecule has 0 bridgehead atoms. The van der Waals surface area contributed by atoms with Crippen LogP contribution in [0.3, 0.4) is 0 Å². The second-order valence-electron chi connectivity index (χ2n) is 12.4. The molecule has 11 heteroatoms. The van der Waals surface area contributed by atoms with E-state index in [0.717, 1.165) is 44.3 Å². The van der Waals surface area contributed by atoms with Gasteiger partial charge in [-0.2, -0.15) is 13.2 Å². The molecule has 3 aliphatic heterocycles. The number of alkyl halides is 3. The summed E-state index contributed by atoms with van der Waals surface area (Å²) in [5.41, 5.74) is 7.12. The number of benzene rings is 1. The zero-order valence-electron chi connectivity index (χ0n) is 23.1. The molecule has 7 nitrogen and oxygen atoms in total. The third-order valence-corrected chi connectivity index (χ3v) is 9.34. The summed E-state index contributed by atoms with van der Waals surface area (Å²) in [5.74, 6) is 0.835. The van der Waals surface area contributed by atoms with Crippen molar-refractivity contribution in [3.63, 3.8) is 0 Å². The van der Waals surface area contributed by atoms with Crippen LogP contribution in [0, 0.1) is 11.8 Å². The Balaban J connectivity index is 1.35. The van der Waals surface area contributed by atoms with Crippen LogP contribution in [0.1, 0.15) is 72.1 Å². The summed E-state index contributed by atoms with van der Waals surface area (Å²) < 4.78 is 42.9. The first-order chi connectivity index (χ1) is 18.9. The molecule has 216 valence electrons. The molecule has 0 spiro atoms. The second kappa shape index (κ2) is 10.2. The minimum Gasteiger partial charge on any atom is -0.299 e. The van der Waals surface area contributed by atoms with E-state index in [1.165, 1.54) is 11.0 Å². The highest BCUT2D eigenvalue weighted by Gasteiger charge is 2.52. The number of halogens is 4. The topological polar surface area (TPSA) is 63.7 Å². The molecule has 2 aromatic rings. The third-order valence-electron chi connectivity index (χ3n) is 9.14. The number of hydrogen-bond donors (Lipinski definition) is 2. The Morgan fingerprint density at radius 3 is 2.58 bits per heavy atom. The lowest BCUT2D eigenvalue weighted by molar-refractivity contribution is -0.138. The van der Waals surface area contributed by atoms with Gasteiger partial charge in [-0.25, -0.2) is 15.8 Å². The fourth-order valence-corrected chi connectivity index (χ4v) is 7.63. The molecule has 6 rings (SSSR count). The van der Waals surface area contributed by atoms with Gasteiger partial charge in [-0.15, -0.1) is 0 Å². The van der Waals surface area contributed by atoms with Crippen LogP contribution >= 0.6 is 11.6 Å². The van der Waals surface area contributed by atoms with Crippen molar-refractivity contribution in [2.75, 3.05) is 31.7 Å². The first kappa shape index (κ1) is 27.9. The molecule has 4 aliphatic rings. The third kappa shape index (κ3) is 4.91. The van der Waals surface area contributed by atoms with E-state index in [4.69, 9.17) is 11.6 Å². The summed E-state index contributed by atoms with van der Waals surface area (Å²) in [6.07, 6.45) is -0.575. The Morgan fingerprint density at radius 2 is 1.93 bits per heavy atom. The summed E-state index contributed by atoms with van der Waals surface area (Å²) in [4.78, 5) is 23.9. The number of nitrogens with zero attached hydrogens (tertiary/aromatic N) is 4. The van der Waals surface area contributed by atoms with E-state index in [1.54, 1.807) is 6.07 Å². The summed E-state index contributed by atoms with van der Waals surface area (Å²) in [5, 5.41) is 0.222. The van der Waals surface area contributed by atoms with E-state index >= 15 is 0 Å². The second-order valence-corrected chi connectivity index (χ2v) is 12.8. The first-order valence-corrected chi connectivity index (χ1v) is 14.5. The summed E-state index contributed by atoms with van der Waals surface area (Å²) >= 11 is 6.52. The predicted molar refractivity (Wildman–Crippen MR) is 148 cm³/mol. The number of carbonyl (C=O) groups is 1. The van der Waals surface area contributed by atoms with Gasteiger partial charge >= 0.3 is 6.18 Å². The van der Waals surface area contributed by atoms with Crippen molar-refractivity contribution >= 4 is 23.3 Å². The van der Waals surface area contributed by atoms with Crippen LogP contribution in [0.5, 0.6) is 0 Å². The van der Waals surface area contributed by atoms with E-state index < -0.39 is 17.6 Å². The number of aromatic nitrogens is 1. The number of amides is 1. The van der Waals surface area contributed by atoms with Crippen molar-refractivity contribution in [1.29, 1.82) is 0 Å². The molecule has 4 heterocycles. The smallest absolute Gasteiger partial charge is 0.299 e. The molecule has 2 saturated heterocycles. The largest absolute Gasteiger partial charge is 0.416 e. The van der Waals surface area contributed by atoms with Gasteiger partial charge in [-0.05, 0) is 92.1 Å². The fraction of sp³-hybridized carbons (Fsp3) is 0.586. The highest BCUT2D eigenvalue weighted by atomic mass is 35.5. The van der Waals surface area contributed by atoms with Crippen LogP contribution in [-0.2, 0) is 24.7 Å².